The molecule has 0 saturated carbocycles. The zero-order chi connectivity index (χ0) is 17.6. The van der Waals surface area contributed by atoms with E-state index >= 15 is 0 Å². The third kappa shape index (κ3) is 4.30. The minimum atomic E-state index is -1.20. The first-order valence-corrected chi connectivity index (χ1v) is 9.60. The summed E-state index contributed by atoms with van der Waals surface area (Å²) in [6.45, 7) is 3.77. The number of fused-ring (bicyclic) bond motifs is 6. The molecule has 3 aliphatic heterocycles. The third-order valence-electron chi connectivity index (χ3n) is 5.48. The van der Waals surface area contributed by atoms with Crippen LogP contribution in [0.2, 0.25) is 0 Å². The first-order valence-electron chi connectivity index (χ1n) is 8.78. The van der Waals surface area contributed by atoms with E-state index in [1.807, 2.05) is 0 Å². The van der Waals surface area contributed by atoms with Gasteiger partial charge in [-0.05, 0) is 56.7 Å². The number of nitrogens with two attached hydrogens (primary N) is 1. The standard InChI is InChI=1S/C10H8N2O3S.C7H14N2.2ClH/c13-8-6-4-2-1-3-5(4)16-9(6)12-7(11-8)10(14)15;8-7-5-9-3-1-6(7)2-4-9;;/h1-3H2,(H,14,15)(H,11,12,13);6-7H,1-5,8H2;2*1H. The second-order valence-electron chi connectivity index (χ2n) is 7.06. The molecule has 2 aromatic heterocycles. The molecule has 1 aliphatic carbocycles. The highest BCUT2D eigenvalue weighted by Crippen LogP contribution is 2.34. The van der Waals surface area contributed by atoms with Crippen molar-refractivity contribution in [3.8, 4) is 0 Å². The van der Waals surface area contributed by atoms with Gasteiger partial charge in [0.05, 0.1) is 5.39 Å². The fourth-order valence-electron chi connectivity index (χ4n) is 4.11. The summed E-state index contributed by atoms with van der Waals surface area (Å²) in [6.07, 6.45) is 5.63. The first kappa shape index (κ1) is 22.1. The Bertz CT molecular complexity index is 877. The van der Waals surface area contributed by atoms with Crippen LogP contribution in [0.1, 0.15) is 40.3 Å². The highest BCUT2D eigenvalue weighted by atomic mass is 35.5. The Morgan fingerprint density at radius 1 is 1.26 bits per heavy atom. The molecule has 4 N–H and O–H groups in total. The van der Waals surface area contributed by atoms with Gasteiger partial charge in [0, 0.05) is 17.5 Å². The summed E-state index contributed by atoms with van der Waals surface area (Å²) in [6, 6.07) is 0.493. The Morgan fingerprint density at radius 2 is 1.96 bits per heavy atom. The average molecular weight is 435 g/mol. The van der Waals surface area contributed by atoms with Gasteiger partial charge in [-0.25, -0.2) is 9.78 Å². The predicted molar refractivity (Wildman–Crippen MR) is 111 cm³/mol. The number of H-pyrrole nitrogens is 1. The lowest BCUT2D eigenvalue weighted by atomic mass is 9.85. The molecule has 1 unspecified atom stereocenters. The number of carbonyl (C=O) groups is 1. The highest BCUT2D eigenvalue weighted by Gasteiger charge is 2.31. The van der Waals surface area contributed by atoms with E-state index in [2.05, 4.69) is 14.9 Å². The van der Waals surface area contributed by atoms with Crippen LogP contribution in [-0.4, -0.2) is 51.6 Å². The van der Waals surface area contributed by atoms with Gasteiger partial charge in [0.1, 0.15) is 4.83 Å². The number of nitrogens with zero attached hydrogens (tertiary/aromatic N) is 2. The summed E-state index contributed by atoms with van der Waals surface area (Å²) in [7, 11) is 0. The number of carboxylic acid groups (broad SMARTS) is 1. The molecule has 3 saturated heterocycles. The van der Waals surface area contributed by atoms with Crippen LogP contribution in [0.3, 0.4) is 0 Å². The molecule has 0 aromatic carbocycles. The highest BCUT2D eigenvalue weighted by molar-refractivity contribution is 7.18. The topological polar surface area (TPSA) is 112 Å². The van der Waals surface area contributed by atoms with Crippen molar-refractivity contribution in [1.29, 1.82) is 0 Å². The van der Waals surface area contributed by atoms with E-state index in [9.17, 15) is 9.59 Å². The van der Waals surface area contributed by atoms with Gasteiger partial charge < -0.3 is 20.7 Å². The maximum atomic E-state index is 11.8. The summed E-state index contributed by atoms with van der Waals surface area (Å²) >= 11 is 1.44. The third-order valence-corrected chi connectivity index (χ3v) is 6.67. The van der Waals surface area contributed by atoms with Crippen LogP contribution in [-0.2, 0) is 12.8 Å². The van der Waals surface area contributed by atoms with E-state index in [0.717, 1.165) is 37.3 Å². The molecule has 10 heteroatoms. The van der Waals surface area contributed by atoms with Crippen LogP contribution in [0.5, 0.6) is 0 Å². The van der Waals surface area contributed by atoms with Crippen molar-refractivity contribution in [2.75, 3.05) is 19.6 Å². The molecule has 7 nitrogen and oxygen atoms in total. The number of nitrogens with one attached hydrogen (secondary N) is 1. The Hall–Kier alpha value is -1.19. The predicted octanol–water partition coefficient (Wildman–Crippen LogP) is 2.05. The van der Waals surface area contributed by atoms with Crippen LogP contribution >= 0.6 is 36.2 Å². The number of aromatic nitrogens is 2. The molecule has 2 bridgehead atoms. The smallest absolute Gasteiger partial charge is 0.372 e. The number of carboxylic acids is 1. The van der Waals surface area contributed by atoms with E-state index in [-0.39, 0.29) is 36.2 Å². The van der Waals surface area contributed by atoms with Gasteiger partial charge in [0.2, 0.25) is 5.82 Å². The van der Waals surface area contributed by atoms with Crippen molar-refractivity contribution < 1.29 is 9.90 Å². The zero-order valence-corrected chi connectivity index (χ0v) is 17.2. The van der Waals surface area contributed by atoms with Crippen LogP contribution < -0.4 is 11.3 Å². The summed E-state index contributed by atoms with van der Waals surface area (Å²) < 4.78 is 0. The number of hydrogen-bond donors (Lipinski definition) is 3. The van der Waals surface area contributed by atoms with Crippen LogP contribution in [0.4, 0.5) is 0 Å². The number of aryl methyl sites for hydroxylation is 2. The maximum absolute atomic E-state index is 11.8. The lowest BCUT2D eigenvalue weighted by Gasteiger charge is -2.43. The number of aromatic amines is 1. The molecule has 0 spiro atoms. The lowest BCUT2D eigenvalue weighted by molar-refractivity contribution is 0.0683. The summed E-state index contributed by atoms with van der Waals surface area (Å²) in [5, 5.41) is 9.37. The SMILES string of the molecule is Cl.Cl.NC1CN2CCC1CC2.O=C(O)c1nc2sc3c(c2c(=O)[nH]1)CCC3. The fourth-order valence-corrected chi connectivity index (χ4v) is 5.38. The molecule has 27 heavy (non-hydrogen) atoms. The summed E-state index contributed by atoms with van der Waals surface area (Å²) in [5.74, 6) is -0.625. The normalized spacial score (nSPS) is 25.0. The van der Waals surface area contributed by atoms with Crippen molar-refractivity contribution in [3.63, 3.8) is 0 Å². The Labute approximate surface area is 173 Å². The number of piperidine rings is 3. The second kappa shape index (κ2) is 8.87. The van der Waals surface area contributed by atoms with Gasteiger partial charge in [-0.1, -0.05) is 0 Å². The number of thiophene rings is 1. The van der Waals surface area contributed by atoms with Crippen molar-refractivity contribution in [1.82, 2.24) is 14.9 Å². The molecule has 5 heterocycles. The van der Waals surface area contributed by atoms with Crippen molar-refractivity contribution in [3.05, 3.63) is 26.6 Å². The molecule has 3 fully saturated rings. The van der Waals surface area contributed by atoms with Crippen molar-refractivity contribution in [2.24, 2.45) is 11.7 Å². The van der Waals surface area contributed by atoms with E-state index < -0.39 is 5.97 Å². The lowest BCUT2D eigenvalue weighted by Crippen LogP contribution is -2.54. The number of halogens is 2. The zero-order valence-electron chi connectivity index (χ0n) is 14.8. The van der Waals surface area contributed by atoms with Gasteiger partial charge in [-0.2, -0.15) is 0 Å². The summed E-state index contributed by atoms with van der Waals surface area (Å²) in [5.41, 5.74) is 6.61. The molecular weight excluding hydrogens is 411 g/mol. The number of hydrogen-bond acceptors (Lipinski definition) is 6. The molecule has 0 radical (unpaired) electrons. The molecule has 2 aromatic rings. The first-order chi connectivity index (χ1) is 12.0. The monoisotopic (exact) mass is 434 g/mol. The summed E-state index contributed by atoms with van der Waals surface area (Å²) in [4.78, 5) is 33.0. The van der Waals surface area contributed by atoms with Crippen LogP contribution in [0.25, 0.3) is 10.2 Å². The minimum absolute atomic E-state index is 0. The van der Waals surface area contributed by atoms with Gasteiger partial charge in [-0.15, -0.1) is 36.2 Å². The van der Waals surface area contributed by atoms with E-state index in [0.29, 0.717) is 16.3 Å². The Morgan fingerprint density at radius 3 is 2.48 bits per heavy atom. The largest absolute Gasteiger partial charge is 0.475 e. The van der Waals surface area contributed by atoms with Gasteiger partial charge in [-0.3, -0.25) is 4.79 Å². The van der Waals surface area contributed by atoms with Gasteiger partial charge in [0.15, 0.2) is 0 Å². The molecule has 150 valence electrons. The van der Waals surface area contributed by atoms with Crippen LogP contribution in [0.15, 0.2) is 4.79 Å². The van der Waals surface area contributed by atoms with E-state index in [4.69, 9.17) is 10.8 Å². The molecule has 0 amide bonds. The van der Waals surface area contributed by atoms with Crippen molar-refractivity contribution >= 4 is 52.3 Å². The molecule has 4 aliphatic rings. The number of rotatable bonds is 1. The average Bonchev–Trinajstić information content (AvgIpc) is 3.16. The number of aromatic carboxylic acids is 1. The van der Waals surface area contributed by atoms with Crippen molar-refractivity contribution in [2.45, 2.75) is 38.1 Å². The maximum Gasteiger partial charge on any atom is 0.372 e. The van der Waals surface area contributed by atoms with Crippen LogP contribution in [0, 0.1) is 5.92 Å². The Kier molecular flexibility index (Phi) is 7.27. The van der Waals surface area contributed by atoms with E-state index in [1.165, 1.54) is 42.1 Å². The molecule has 6 rings (SSSR count). The minimum Gasteiger partial charge on any atom is -0.475 e. The quantitative estimate of drug-likeness (QED) is 0.632. The van der Waals surface area contributed by atoms with Gasteiger partial charge in [0.25, 0.3) is 5.56 Å². The fraction of sp³-hybridized carbons (Fsp3) is 0.588. The second-order valence-corrected chi connectivity index (χ2v) is 8.14. The Balaban J connectivity index is 0.000000205. The van der Waals surface area contributed by atoms with Gasteiger partial charge >= 0.3 is 5.97 Å². The molecule has 1 atom stereocenters. The molecular formula is C17H24Cl2N4O3S. The van der Waals surface area contributed by atoms with E-state index in [1.54, 1.807) is 0 Å².